The molecule has 0 spiro atoms. The molecule has 3 nitrogen and oxygen atoms in total. The van der Waals surface area contributed by atoms with Crippen LogP contribution in [-0.4, -0.2) is 35.1 Å². The number of aryl methyl sites for hydroxylation is 1. The van der Waals surface area contributed by atoms with Gasteiger partial charge in [0, 0.05) is 16.6 Å². The lowest BCUT2D eigenvalue weighted by molar-refractivity contribution is 0.0648. The van der Waals surface area contributed by atoms with E-state index in [2.05, 4.69) is 22.9 Å². The van der Waals surface area contributed by atoms with Gasteiger partial charge in [-0.15, -0.1) is 0 Å². The Morgan fingerprint density at radius 1 is 1.56 bits per heavy atom. The van der Waals surface area contributed by atoms with Gasteiger partial charge in [-0.25, -0.2) is 0 Å². The summed E-state index contributed by atoms with van der Waals surface area (Å²) in [5.41, 5.74) is 1.79. The summed E-state index contributed by atoms with van der Waals surface area (Å²) in [6.07, 6.45) is 0.962. The fourth-order valence-electron chi connectivity index (χ4n) is 2.43. The summed E-state index contributed by atoms with van der Waals surface area (Å²) in [7, 11) is 0. The molecule has 1 aromatic rings. The van der Waals surface area contributed by atoms with Gasteiger partial charge in [0.15, 0.2) is 0 Å². The Kier molecular flexibility index (Phi) is 4.07. The zero-order chi connectivity index (χ0) is 13.3. The maximum Gasteiger partial charge on any atom is 0.254 e. The van der Waals surface area contributed by atoms with Gasteiger partial charge in [-0.1, -0.05) is 28.9 Å². The Morgan fingerprint density at radius 2 is 2.28 bits per heavy atom. The lowest BCUT2D eigenvalue weighted by Gasteiger charge is -2.25. The van der Waals surface area contributed by atoms with E-state index in [1.807, 2.05) is 25.1 Å². The van der Waals surface area contributed by atoms with E-state index < -0.39 is 0 Å². The SMILES string of the molecule is Cc1ccc(C(=O)N2CCC(C)C2CO)cc1Br. The molecule has 1 aliphatic rings. The number of nitrogens with zero attached hydrogens (tertiary/aromatic N) is 1. The molecule has 1 amide bonds. The Balaban J connectivity index is 2.23. The van der Waals surface area contributed by atoms with Crippen LogP contribution < -0.4 is 0 Å². The highest BCUT2D eigenvalue weighted by Gasteiger charge is 2.34. The molecule has 0 bridgehead atoms. The average Bonchev–Trinajstić information content (AvgIpc) is 2.73. The summed E-state index contributed by atoms with van der Waals surface area (Å²) in [6, 6.07) is 5.59. The van der Waals surface area contributed by atoms with Gasteiger partial charge in [0.1, 0.15) is 0 Å². The van der Waals surface area contributed by atoms with Gasteiger partial charge < -0.3 is 10.0 Å². The Morgan fingerprint density at radius 3 is 2.89 bits per heavy atom. The number of likely N-dealkylation sites (tertiary alicyclic amines) is 1. The third-order valence-electron chi connectivity index (χ3n) is 3.75. The first kappa shape index (κ1) is 13.6. The third kappa shape index (κ3) is 2.45. The molecule has 1 N–H and O–H groups in total. The van der Waals surface area contributed by atoms with Crippen molar-refractivity contribution >= 4 is 21.8 Å². The smallest absolute Gasteiger partial charge is 0.254 e. The van der Waals surface area contributed by atoms with E-state index in [9.17, 15) is 9.90 Å². The summed E-state index contributed by atoms with van der Waals surface area (Å²) >= 11 is 3.45. The summed E-state index contributed by atoms with van der Waals surface area (Å²) in [6.45, 7) is 4.85. The molecule has 1 aliphatic heterocycles. The molecule has 0 saturated carbocycles. The van der Waals surface area contributed by atoms with Crippen LogP contribution in [-0.2, 0) is 0 Å². The van der Waals surface area contributed by atoms with Gasteiger partial charge in [-0.05, 0) is 37.0 Å². The number of amides is 1. The van der Waals surface area contributed by atoms with Crippen LogP contribution in [0.3, 0.4) is 0 Å². The first-order chi connectivity index (χ1) is 8.54. The summed E-state index contributed by atoms with van der Waals surface area (Å²) in [5.74, 6) is 0.381. The number of aliphatic hydroxyl groups is 1. The first-order valence-electron chi connectivity index (χ1n) is 6.22. The molecule has 0 aromatic heterocycles. The molecule has 2 unspecified atom stereocenters. The zero-order valence-electron chi connectivity index (χ0n) is 10.7. The van der Waals surface area contributed by atoms with Crippen LogP contribution >= 0.6 is 15.9 Å². The highest BCUT2D eigenvalue weighted by atomic mass is 79.9. The molecule has 1 aromatic carbocycles. The van der Waals surface area contributed by atoms with Crippen LogP contribution in [0, 0.1) is 12.8 Å². The Hall–Kier alpha value is -0.870. The largest absolute Gasteiger partial charge is 0.394 e. The van der Waals surface area contributed by atoms with Gasteiger partial charge in [-0.3, -0.25) is 4.79 Å². The van der Waals surface area contributed by atoms with E-state index in [4.69, 9.17) is 0 Å². The number of carbonyl (C=O) groups excluding carboxylic acids is 1. The number of carbonyl (C=O) groups is 1. The van der Waals surface area contributed by atoms with E-state index in [1.54, 1.807) is 4.90 Å². The number of rotatable bonds is 2. The predicted molar refractivity (Wildman–Crippen MR) is 74.6 cm³/mol. The molecular formula is C14H18BrNO2. The molecule has 1 saturated heterocycles. The van der Waals surface area contributed by atoms with Crippen molar-refractivity contribution in [1.29, 1.82) is 0 Å². The van der Waals surface area contributed by atoms with E-state index >= 15 is 0 Å². The van der Waals surface area contributed by atoms with Gasteiger partial charge in [0.2, 0.25) is 0 Å². The highest BCUT2D eigenvalue weighted by molar-refractivity contribution is 9.10. The number of aliphatic hydroxyl groups excluding tert-OH is 1. The molecule has 0 radical (unpaired) electrons. The van der Waals surface area contributed by atoms with Crippen molar-refractivity contribution in [3.05, 3.63) is 33.8 Å². The second-order valence-electron chi connectivity index (χ2n) is 4.98. The molecule has 2 atom stereocenters. The van der Waals surface area contributed by atoms with Crippen LogP contribution in [0.15, 0.2) is 22.7 Å². The second kappa shape index (κ2) is 5.41. The molecule has 1 heterocycles. The van der Waals surface area contributed by atoms with E-state index in [0.717, 1.165) is 23.0 Å². The number of hydrogen-bond acceptors (Lipinski definition) is 2. The van der Waals surface area contributed by atoms with Gasteiger partial charge in [0.05, 0.1) is 12.6 Å². The fraction of sp³-hybridized carbons (Fsp3) is 0.500. The van der Waals surface area contributed by atoms with Crippen molar-refractivity contribution < 1.29 is 9.90 Å². The van der Waals surface area contributed by atoms with Crippen molar-refractivity contribution in [2.24, 2.45) is 5.92 Å². The van der Waals surface area contributed by atoms with Crippen LogP contribution in [0.4, 0.5) is 0 Å². The lowest BCUT2D eigenvalue weighted by Crippen LogP contribution is -2.39. The fourth-order valence-corrected chi connectivity index (χ4v) is 2.81. The molecule has 2 rings (SSSR count). The van der Waals surface area contributed by atoms with E-state index in [0.29, 0.717) is 11.5 Å². The summed E-state index contributed by atoms with van der Waals surface area (Å²) in [5, 5.41) is 9.40. The zero-order valence-corrected chi connectivity index (χ0v) is 12.3. The van der Waals surface area contributed by atoms with Crippen molar-refractivity contribution in [3.63, 3.8) is 0 Å². The standard InChI is InChI=1S/C14H18BrNO2/c1-9-3-4-11(7-12(9)15)14(18)16-6-5-10(2)13(16)8-17/h3-4,7,10,13,17H,5-6,8H2,1-2H3. The Bertz CT molecular complexity index is 461. The van der Waals surface area contributed by atoms with Gasteiger partial charge in [-0.2, -0.15) is 0 Å². The topological polar surface area (TPSA) is 40.5 Å². The van der Waals surface area contributed by atoms with Crippen LogP contribution in [0.1, 0.15) is 29.3 Å². The van der Waals surface area contributed by atoms with Crippen LogP contribution in [0.5, 0.6) is 0 Å². The quantitative estimate of drug-likeness (QED) is 0.912. The monoisotopic (exact) mass is 311 g/mol. The summed E-state index contributed by atoms with van der Waals surface area (Å²) < 4.78 is 0.946. The molecule has 4 heteroatoms. The second-order valence-corrected chi connectivity index (χ2v) is 5.83. The number of halogens is 1. The normalized spacial score (nSPS) is 23.4. The minimum absolute atomic E-state index is 0.0131. The number of hydrogen-bond donors (Lipinski definition) is 1. The lowest BCUT2D eigenvalue weighted by atomic mass is 10.0. The molecule has 98 valence electrons. The predicted octanol–water partition coefficient (Wildman–Crippen LogP) is 2.60. The van der Waals surface area contributed by atoms with Crippen LogP contribution in [0.25, 0.3) is 0 Å². The summed E-state index contributed by atoms with van der Waals surface area (Å²) in [4.78, 5) is 14.2. The number of benzene rings is 1. The van der Waals surface area contributed by atoms with Crippen molar-refractivity contribution in [2.75, 3.05) is 13.2 Å². The highest BCUT2D eigenvalue weighted by Crippen LogP contribution is 2.26. The van der Waals surface area contributed by atoms with Crippen molar-refractivity contribution in [1.82, 2.24) is 4.90 Å². The van der Waals surface area contributed by atoms with Crippen molar-refractivity contribution in [3.8, 4) is 0 Å². The van der Waals surface area contributed by atoms with E-state index in [1.165, 1.54) is 0 Å². The Labute approximate surface area is 116 Å². The van der Waals surface area contributed by atoms with Gasteiger partial charge in [0.25, 0.3) is 5.91 Å². The third-order valence-corrected chi connectivity index (χ3v) is 4.60. The average molecular weight is 312 g/mol. The van der Waals surface area contributed by atoms with E-state index in [-0.39, 0.29) is 18.6 Å². The van der Waals surface area contributed by atoms with Crippen molar-refractivity contribution in [2.45, 2.75) is 26.3 Å². The van der Waals surface area contributed by atoms with Gasteiger partial charge >= 0.3 is 0 Å². The minimum Gasteiger partial charge on any atom is -0.394 e. The molecule has 1 fully saturated rings. The molecule has 0 aliphatic carbocycles. The maximum absolute atomic E-state index is 12.4. The minimum atomic E-state index is -0.0439. The molecular weight excluding hydrogens is 294 g/mol. The first-order valence-corrected chi connectivity index (χ1v) is 7.02. The molecule has 18 heavy (non-hydrogen) atoms. The van der Waals surface area contributed by atoms with Crippen LogP contribution in [0.2, 0.25) is 0 Å². The maximum atomic E-state index is 12.4.